The van der Waals surface area contributed by atoms with Gasteiger partial charge in [0.05, 0.1) is 23.1 Å². The van der Waals surface area contributed by atoms with E-state index in [0.29, 0.717) is 28.9 Å². The van der Waals surface area contributed by atoms with Crippen LogP contribution in [0, 0.1) is 0 Å². The van der Waals surface area contributed by atoms with Gasteiger partial charge < -0.3 is 9.47 Å². The van der Waals surface area contributed by atoms with Crippen LogP contribution in [0.4, 0.5) is 4.79 Å². The van der Waals surface area contributed by atoms with E-state index < -0.39 is 0 Å². The van der Waals surface area contributed by atoms with Gasteiger partial charge in [-0.15, -0.1) is 0 Å². The van der Waals surface area contributed by atoms with Crippen molar-refractivity contribution in [2.45, 2.75) is 6.42 Å². The minimum absolute atomic E-state index is 0.347. The maximum absolute atomic E-state index is 11.5. The highest BCUT2D eigenvalue weighted by Gasteiger charge is 2.24. The second kappa shape index (κ2) is 8.78. The van der Waals surface area contributed by atoms with Gasteiger partial charge in [0, 0.05) is 6.42 Å². The topological polar surface area (TPSA) is 64.6 Å². The largest absolute Gasteiger partial charge is 0.493 e. The number of thioether (sulfide) groups is 1. The van der Waals surface area contributed by atoms with Crippen molar-refractivity contribution in [1.29, 1.82) is 0 Å². The van der Waals surface area contributed by atoms with Gasteiger partial charge in [-0.25, -0.2) is 0 Å². The van der Waals surface area contributed by atoms with E-state index in [-0.39, 0.29) is 11.1 Å². The summed E-state index contributed by atoms with van der Waals surface area (Å²) >= 11 is 6.92. The summed E-state index contributed by atoms with van der Waals surface area (Å²) in [5.74, 6) is 1.03. The number of hydrogen-bond donors (Lipinski definition) is 1. The fourth-order valence-corrected chi connectivity index (χ4v) is 3.10. The van der Waals surface area contributed by atoms with Gasteiger partial charge >= 0.3 is 0 Å². The summed E-state index contributed by atoms with van der Waals surface area (Å²) in [6.45, 7) is 1.02. The first-order valence-corrected chi connectivity index (χ1v) is 9.16. The van der Waals surface area contributed by atoms with E-state index in [1.165, 1.54) is 0 Å². The van der Waals surface area contributed by atoms with Crippen LogP contribution in [-0.2, 0) is 4.79 Å². The first-order chi connectivity index (χ1) is 12.6. The van der Waals surface area contributed by atoms with E-state index in [1.807, 2.05) is 42.5 Å². The van der Waals surface area contributed by atoms with Crippen LogP contribution < -0.4 is 14.8 Å². The molecular formula is C19H16ClNO4S. The van der Waals surface area contributed by atoms with E-state index >= 15 is 0 Å². The predicted octanol–water partition coefficient (Wildman–Crippen LogP) is 4.51. The van der Waals surface area contributed by atoms with Crippen molar-refractivity contribution in [2.75, 3.05) is 13.2 Å². The van der Waals surface area contributed by atoms with Crippen molar-refractivity contribution in [3.05, 3.63) is 64.0 Å². The Bertz CT molecular complexity index is 836. The molecule has 1 N–H and O–H groups in total. The Balaban J connectivity index is 1.43. The van der Waals surface area contributed by atoms with Gasteiger partial charge in [-0.3, -0.25) is 14.9 Å². The zero-order valence-corrected chi connectivity index (χ0v) is 15.3. The first-order valence-electron chi connectivity index (χ1n) is 7.97. The Morgan fingerprint density at radius 2 is 1.73 bits per heavy atom. The van der Waals surface area contributed by atoms with E-state index in [0.717, 1.165) is 29.5 Å². The molecule has 1 aliphatic rings. The molecule has 0 saturated carbocycles. The number of amides is 2. The lowest BCUT2D eigenvalue weighted by atomic mass is 10.2. The summed E-state index contributed by atoms with van der Waals surface area (Å²) in [5, 5.41) is 2.47. The lowest BCUT2D eigenvalue weighted by Gasteiger charge is -2.09. The molecule has 134 valence electrons. The number of rotatable bonds is 7. The number of imide groups is 1. The number of halogens is 1. The summed E-state index contributed by atoms with van der Waals surface area (Å²) in [6.07, 6.45) is 2.39. The number of ether oxygens (including phenoxy) is 2. The van der Waals surface area contributed by atoms with Crippen LogP contribution in [0.1, 0.15) is 12.0 Å². The Kier molecular flexibility index (Phi) is 6.20. The van der Waals surface area contributed by atoms with Crippen LogP contribution in [0.3, 0.4) is 0 Å². The van der Waals surface area contributed by atoms with E-state index in [9.17, 15) is 9.59 Å². The molecule has 5 nitrogen and oxygen atoms in total. The van der Waals surface area contributed by atoms with Crippen LogP contribution in [-0.4, -0.2) is 24.4 Å². The second-order valence-electron chi connectivity index (χ2n) is 5.40. The third-order valence-corrected chi connectivity index (χ3v) is 4.59. The minimum Gasteiger partial charge on any atom is -0.493 e. The second-order valence-corrected chi connectivity index (χ2v) is 6.82. The summed E-state index contributed by atoms with van der Waals surface area (Å²) in [4.78, 5) is 23.0. The molecule has 0 spiro atoms. The summed E-state index contributed by atoms with van der Waals surface area (Å²) in [6, 6.07) is 14.6. The summed E-state index contributed by atoms with van der Waals surface area (Å²) in [5.41, 5.74) is 0.826. The molecule has 0 radical (unpaired) electrons. The number of hydrogen-bond acceptors (Lipinski definition) is 5. The molecule has 0 unspecified atom stereocenters. The van der Waals surface area contributed by atoms with Crippen LogP contribution in [0.2, 0.25) is 5.02 Å². The maximum Gasteiger partial charge on any atom is 0.290 e. The summed E-state index contributed by atoms with van der Waals surface area (Å²) < 4.78 is 11.3. The average Bonchev–Trinajstić information content (AvgIpc) is 2.95. The Hall–Kier alpha value is -2.44. The van der Waals surface area contributed by atoms with Gasteiger partial charge in [0.1, 0.15) is 11.5 Å². The molecule has 0 aliphatic carbocycles. The quantitative estimate of drug-likeness (QED) is 0.557. The maximum atomic E-state index is 11.5. The smallest absolute Gasteiger partial charge is 0.290 e. The molecule has 7 heteroatoms. The minimum atomic E-state index is -0.362. The van der Waals surface area contributed by atoms with Crippen LogP contribution in [0.25, 0.3) is 6.08 Å². The molecule has 1 aliphatic heterocycles. The molecule has 0 atom stereocenters. The SMILES string of the molecule is O=C1NC(=O)/C(=C/c2ccc(OCCCOc3ccccc3Cl)cc2)S1. The Morgan fingerprint density at radius 3 is 2.42 bits per heavy atom. The highest BCUT2D eigenvalue weighted by Crippen LogP contribution is 2.26. The molecule has 1 fully saturated rings. The fraction of sp³-hybridized carbons (Fsp3) is 0.158. The van der Waals surface area contributed by atoms with Crippen molar-refractivity contribution in [2.24, 2.45) is 0 Å². The van der Waals surface area contributed by atoms with Crippen molar-refractivity contribution < 1.29 is 19.1 Å². The van der Waals surface area contributed by atoms with Crippen LogP contribution >= 0.6 is 23.4 Å². The molecule has 1 heterocycles. The van der Waals surface area contributed by atoms with Gasteiger partial charge in [0.25, 0.3) is 11.1 Å². The van der Waals surface area contributed by atoms with E-state index in [1.54, 1.807) is 12.1 Å². The molecule has 0 bridgehead atoms. The van der Waals surface area contributed by atoms with Crippen molar-refractivity contribution in [3.63, 3.8) is 0 Å². The van der Waals surface area contributed by atoms with E-state index in [4.69, 9.17) is 21.1 Å². The monoisotopic (exact) mass is 389 g/mol. The van der Waals surface area contributed by atoms with Crippen LogP contribution in [0.5, 0.6) is 11.5 Å². The molecular weight excluding hydrogens is 374 g/mol. The zero-order valence-electron chi connectivity index (χ0n) is 13.7. The fourth-order valence-electron chi connectivity index (χ4n) is 2.23. The van der Waals surface area contributed by atoms with Crippen molar-refractivity contribution in [1.82, 2.24) is 5.32 Å². The predicted molar refractivity (Wildman–Crippen MR) is 103 cm³/mol. The van der Waals surface area contributed by atoms with Gasteiger partial charge in [-0.05, 0) is 47.7 Å². The molecule has 3 rings (SSSR count). The number of nitrogens with one attached hydrogen (secondary N) is 1. The van der Waals surface area contributed by atoms with Crippen molar-refractivity contribution >= 4 is 40.6 Å². The Morgan fingerprint density at radius 1 is 1.00 bits per heavy atom. The Labute approximate surface area is 160 Å². The molecule has 26 heavy (non-hydrogen) atoms. The molecule has 0 aromatic heterocycles. The first kappa shape index (κ1) is 18.4. The number of carbonyl (C=O) groups is 2. The standard InChI is InChI=1S/C19H16ClNO4S/c20-15-4-1-2-5-16(15)25-11-3-10-24-14-8-6-13(7-9-14)12-17-18(22)21-19(23)26-17/h1-2,4-9,12H,3,10-11H2,(H,21,22,23)/b17-12-. The van der Waals surface area contributed by atoms with Gasteiger partial charge in [-0.2, -0.15) is 0 Å². The lowest BCUT2D eigenvalue weighted by molar-refractivity contribution is -0.115. The van der Waals surface area contributed by atoms with Gasteiger partial charge in [0.15, 0.2) is 0 Å². The van der Waals surface area contributed by atoms with Gasteiger partial charge in [0.2, 0.25) is 0 Å². The summed E-state index contributed by atoms with van der Waals surface area (Å²) in [7, 11) is 0. The van der Waals surface area contributed by atoms with Crippen LogP contribution in [0.15, 0.2) is 53.4 Å². The number of para-hydroxylation sites is 1. The zero-order chi connectivity index (χ0) is 18.4. The molecule has 2 aromatic carbocycles. The number of benzene rings is 2. The average molecular weight is 390 g/mol. The molecule has 2 amide bonds. The highest BCUT2D eigenvalue weighted by molar-refractivity contribution is 8.18. The number of carbonyl (C=O) groups excluding carboxylic acids is 2. The van der Waals surface area contributed by atoms with Gasteiger partial charge in [-0.1, -0.05) is 35.9 Å². The lowest BCUT2D eigenvalue weighted by Crippen LogP contribution is -2.17. The van der Waals surface area contributed by atoms with E-state index in [2.05, 4.69) is 5.32 Å². The molecule has 2 aromatic rings. The third kappa shape index (κ3) is 5.03. The molecule has 1 saturated heterocycles. The normalized spacial score (nSPS) is 15.2. The van der Waals surface area contributed by atoms with Crippen molar-refractivity contribution in [3.8, 4) is 11.5 Å². The highest BCUT2D eigenvalue weighted by atomic mass is 35.5. The third-order valence-electron chi connectivity index (χ3n) is 3.47.